The first kappa shape index (κ1) is 44.0. The smallest absolute Gasteiger partial charge is 0.329 e. The Labute approximate surface area is 387 Å². The van der Waals surface area contributed by atoms with Crippen molar-refractivity contribution in [2.45, 2.75) is 113 Å². The molecule has 4 amide bonds. The number of carbonyl (C=O) groups excluding carboxylic acids is 4. The number of anilines is 2. The molecule has 2 aromatic carbocycles. The van der Waals surface area contributed by atoms with E-state index in [2.05, 4.69) is 49.9 Å². The Bertz CT molecular complexity index is 2660. The number of aromatic nitrogens is 3. The third-order valence-electron chi connectivity index (χ3n) is 16.0. The van der Waals surface area contributed by atoms with Gasteiger partial charge in [0.15, 0.2) is 11.0 Å². The predicted octanol–water partition coefficient (Wildman–Crippen LogP) is 5.94. The largest absolute Gasteiger partial charge is 0.369 e. The number of piperazine rings is 1. The first-order valence-corrected chi connectivity index (χ1v) is 23.9. The number of piperidine rings is 1. The van der Waals surface area contributed by atoms with Crippen LogP contribution < -0.4 is 31.9 Å². The first-order valence-electron chi connectivity index (χ1n) is 23.1. The number of benzene rings is 2. The quantitative estimate of drug-likeness (QED) is 0.130. The van der Waals surface area contributed by atoms with E-state index in [4.69, 9.17) is 23.2 Å². The van der Waals surface area contributed by atoms with Crippen LogP contribution in [0.25, 0.3) is 11.0 Å². The highest BCUT2D eigenvalue weighted by Crippen LogP contribution is 2.64. The van der Waals surface area contributed by atoms with Crippen molar-refractivity contribution in [3.05, 3.63) is 86.3 Å². The van der Waals surface area contributed by atoms with Crippen molar-refractivity contribution >= 4 is 69.2 Å². The molecule has 65 heavy (non-hydrogen) atoms. The topological polar surface area (TPSA) is 163 Å². The van der Waals surface area contributed by atoms with E-state index in [1.165, 1.54) is 10.8 Å². The number of hydrogen-bond donors (Lipinski definition) is 4. The molecule has 4 aliphatic heterocycles. The summed E-state index contributed by atoms with van der Waals surface area (Å²) in [6.45, 7) is 8.85. The van der Waals surface area contributed by atoms with E-state index in [-0.39, 0.29) is 52.0 Å². The molecule has 6 heterocycles. The maximum atomic E-state index is 16.4. The number of carbonyl (C=O) groups is 4. The Morgan fingerprint density at radius 1 is 0.892 bits per heavy atom. The summed E-state index contributed by atoms with van der Waals surface area (Å²) < 4.78 is 19.5. The highest BCUT2D eigenvalue weighted by molar-refractivity contribution is 6.31. The first-order chi connectivity index (χ1) is 31.1. The van der Waals surface area contributed by atoms with Crippen LogP contribution in [0.1, 0.15) is 101 Å². The van der Waals surface area contributed by atoms with Gasteiger partial charge in [0.05, 0.1) is 17.1 Å². The third-order valence-corrected chi connectivity index (χ3v) is 16.5. The van der Waals surface area contributed by atoms with Crippen molar-refractivity contribution in [3.8, 4) is 0 Å². The van der Waals surface area contributed by atoms with Gasteiger partial charge < -0.3 is 15.5 Å². The van der Waals surface area contributed by atoms with Gasteiger partial charge in [-0.2, -0.15) is 0 Å². The number of amides is 4. The van der Waals surface area contributed by atoms with Crippen LogP contribution in [0.4, 0.5) is 15.8 Å². The maximum Gasteiger partial charge on any atom is 0.329 e. The molecule has 3 saturated heterocycles. The van der Waals surface area contributed by atoms with E-state index in [9.17, 15) is 24.0 Å². The summed E-state index contributed by atoms with van der Waals surface area (Å²) in [5, 5.41) is 12.8. The van der Waals surface area contributed by atoms with E-state index in [1.807, 2.05) is 24.3 Å². The second-order valence-corrected chi connectivity index (χ2v) is 21.0. The van der Waals surface area contributed by atoms with Crippen LogP contribution in [0.2, 0.25) is 10.2 Å². The number of imide groups is 1. The fraction of sp³-hybridized carbons (Fsp3) is 0.542. The van der Waals surface area contributed by atoms with E-state index in [1.54, 1.807) is 29.8 Å². The SMILES string of the molecule is Cn1c(=O)n(C2CCC(=O)NC2=O)c2ccc(N3CCN(C[C@H]4CC[C@H](NC(=O)[C@@H]5NC6(CCC(C)(C)CC6)[C@@]6(C(=O)Nc7cc(Cl)ccc76)[C@H]5c5ccnc(Cl)c5F)CC4)CC3)cc21. The molecule has 344 valence electrons. The van der Waals surface area contributed by atoms with E-state index < -0.39 is 40.7 Å². The van der Waals surface area contributed by atoms with Gasteiger partial charge in [-0.25, -0.2) is 14.2 Å². The monoisotopic (exact) mass is 927 g/mol. The Morgan fingerprint density at radius 2 is 1.63 bits per heavy atom. The molecule has 0 bridgehead atoms. The molecule has 0 radical (unpaired) electrons. The van der Waals surface area contributed by atoms with Gasteiger partial charge in [-0.1, -0.05) is 43.1 Å². The Hall–Kier alpha value is -4.83. The van der Waals surface area contributed by atoms with Gasteiger partial charge in [0, 0.05) is 86.3 Å². The number of aryl methyl sites for hydroxylation is 1. The Balaban J connectivity index is 0.811. The summed E-state index contributed by atoms with van der Waals surface area (Å²) in [5.41, 5.74) is 1.49. The van der Waals surface area contributed by atoms with Crippen molar-refractivity contribution < 1.29 is 23.6 Å². The van der Waals surface area contributed by atoms with Crippen molar-refractivity contribution in [1.29, 1.82) is 0 Å². The lowest BCUT2D eigenvalue weighted by atomic mass is 9.53. The number of imidazole rings is 1. The van der Waals surface area contributed by atoms with Gasteiger partial charge in [-0.3, -0.25) is 43.8 Å². The van der Waals surface area contributed by atoms with Gasteiger partial charge in [0.25, 0.3) is 0 Å². The molecule has 2 aromatic heterocycles. The van der Waals surface area contributed by atoms with E-state index in [0.717, 1.165) is 82.5 Å². The van der Waals surface area contributed by atoms with Crippen LogP contribution in [-0.4, -0.2) is 93.0 Å². The summed E-state index contributed by atoms with van der Waals surface area (Å²) in [4.78, 5) is 76.3. The number of nitrogens with zero attached hydrogens (tertiary/aromatic N) is 5. The van der Waals surface area contributed by atoms with Gasteiger partial charge in [-0.05, 0) is 117 Å². The van der Waals surface area contributed by atoms with Crippen molar-refractivity contribution in [2.24, 2.45) is 18.4 Å². The molecular weight excluding hydrogens is 872 g/mol. The molecule has 17 heteroatoms. The standard InChI is InChI=1S/C48H56Cl2FN9O5/c1-46(2)15-17-47(18-16-46)48(32-10-6-28(49)24-33(32)54-44(48)64)38(31-14-19-52-41(50)39(31)51)40(56-47)43(63)53-29-7-4-27(5-8-29)26-58-20-22-59(23-21-58)30-9-11-34-36(25-30)57(3)45(65)60(34)35-12-13-37(61)55-42(35)62/h6,9-11,14,19,24-25,27,29,35,38,40,56H,4-5,7-8,12-13,15-18,20-23,26H2,1-3H3,(H,53,63)(H,54,64)(H,55,61,62)/t27-,29-,35?,38-,40+,48+/m0/s1. The molecule has 4 atom stereocenters. The lowest BCUT2D eigenvalue weighted by Gasteiger charge is -2.50. The zero-order valence-electron chi connectivity index (χ0n) is 37.0. The molecule has 4 N–H and O–H groups in total. The molecule has 1 unspecified atom stereocenters. The van der Waals surface area contributed by atoms with Crippen molar-refractivity contribution in [2.75, 3.05) is 42.9 Å². The minimum Gasteiger partial charge on any atom is -0.369 e. The van der Waals surface area contributed by atoms with Crippen LogP contribution in [0.5, 0.6) is 0 Å². The average molecular weight is 929 g/mol. The van der Waals surface area contributed by atoms with Crippen LogP contribution >= 0.6 is 23.2 Å². The number of pyridine rings is 1. The van der Waals surface area contributed by atoms with E-state index in [0.29, 0.717) is 47.0 Å². The minimum absolute atomic E-state index is 0.0343. The van der Waals surface area contributed by atoms with Gasteiger partial charge in [0.1, 0.15) is 11.5 Å². The molecule has 4 aromatic rings. The highest BCUT2D eigenvalue weighted by Gasteiger charge is 2.73. The maximum absolute atomic E-state index is 16.4. The third kappa shape index (κ3) is 7.35. The summed E-state index contributed by atoms with van der Waals surface area (Å²) in [7, 11) is 1.71. The van der Waals surface area contributed by atoms with Crippen molar-refractivity contribution in [1.82, 2.24) is 35.0 Å². The minimum atomic E-state index is -1.33. The van der Waals surface area contributed by atoms with Crippen LogP contribution in [0.15, 0.2) is 53.5 Å². The zero-order chi connectivity index (χ0) is 45.6. The second-order valence-electron chi connectivity index (χ2n) is 20.2. The molecule has 5 fully saturated rings. The van der Waals surface area contributed by atoms with Crippen LogP contribution in [0, 0.1) is 17.2 Å². The van der Waals surface area contributed by atoms with Gasteiger partial charge >= 0.3 is 5.69 Å². The number of fused-ring (bicyclic) bond motifs is 4. The molecular formula is C48H56Cl2FN9O5. The normalized spacial score (nSPS) is 28.7. The van der Waals surface area contributed by atoms with Crippen LogP contribution in [-0.2, 0) is 31.6 Å². The lowest BCUT2D eigenvalue weighted by Crippen LogP contribution is -2.61. The average Bonchev–Trinajstić information content (AvgIpc) is 3.84. The summed E-state index contributed by atoms with van der Waals surface area (Å²) in [6, 6.07) is 11.1. The van der Waals surface area contributed by atoms with Gasteiger partial charge in [-0.15, -0.1) is 0 Å². The van der Waals surface area contributed by atoms with Crippen LogP contribution in [0.3, 0.4) is 0 Å². The zero-order valence-corrected chi connectivity index (χ0v) is 38.5. The van der Waals surface area contributed by atoms with E-state index >= 15 is 4.39 Å². The fourth-order valence-corrected chi connectivity index (χ4v) is 12.8. The molecule has 2 spiro atoms. The van der Waals surface area contributed by atoms with Crippen molar-refractivity contribution in [3.63, 3.8) is 0 Å². The fourth-order valence-electron chi connectivity index (χ4n) is 12.4. The Kier molecular flexibility index (Phi) is 11.2. The Morgan fingerprint density at radius 3 is 2.35 bits per heavy atom. The summed E-state index contributed by atoms with van der Waals surface area (Å²) >= 11 is 12.8. The molecule has 6 aliphatic rings. The highest BCUT2D eigenvalue weighted by atomic mass is 35.5. The summed E-state index contributed by atoms with van der Waals surface area (Å²) in [6.07, 6.45) is 8.34. The molecule has 14 nitrogen and oxygen atoms in total. The molecule has 2 aliphatic carbocycles. The lowest BCUT2D eigenvalue weighted by molar-refractivity contribution is -0.136. The predicted molar refractivity (Wildman–Crippen MR) is 247 cm³/mol. The number of halogens is 3. The molecule has 2 saturated carbocycles. The number of nitrogens with one attached hydrogen (secondary N) is 4. The number of hydrogen-bond acceptors (Lipinski definition) is 9. The number of rotatable bonds is 7. The molecule has 10 rings (SSSR count). The summed E-state index contributed by atoms with van der Waals surface area (Å²) in [5.74, 6) is -2.45. The second kappa shape index (κ2) is 16.5. The van der Waals surface area contributed by atoms with Gasteiger partial charge in [0.2, 0.25) is 23.6 Å².